The van der Waals surface area contributed by atoms with Crippen LogP contribution in [0.2, 0.25) is 0 Å². The van der Waals surface area contributed by atoms with Crippen molar-refractivity contribution in [2.24, 2.45) is 5.73 Å². The maximum Gasteiger partial charge on any atom is 0.261 e. The first-order valence-electron chi connectivity index (χ1n) is 4.07. The van der Waals surface area contributed by atoms with Gasteiger partial charge < -0.3 is 15.5 Å². The molecular weight excluding hydrogens is 184 g/mol. The van der Waals surface area contributed by atoms with E-state index in [-0.39, 0.29) is 12.2 Å². The van der Waals surface area contributed by atoms with Gasteiger partial charge in [-0.25, -0.2) is 0 Å². The van der Waals surface area contributed by atoms with Crippen molar-refractivity contribution in [1.82, 2.24) is 4.98 Å². The number of amides is 1. The van der Waals surface area contributed by atoms with Crippen LogP contribution in [0, 0.1) is 6.92 Å². The summed E-state index contributed by atoms with van der Waals surface area (Å²) >= 11 is 0. The van der Waals surface area contributed by atoms with Crippen LogP contribution in [0.1, 0.15) is 21.6 Å². The van der Waals surface area contributed by atoms with Crippen molar-refractivity contribution in [3.63, 3.8) is 0 Å². The van der Waals surface area contributed by atoms with Gasteiger partial charge >= 0.3 is 0 Å². The minimum absolute atomic E-state index is 0.0301. The summed E-state index contributed by atoms with van der Waals surface area (Å²) in [7, 11) is 1.49. The van der Waals surface area contributed by atoms with Gasteiger partial charge in [0.15, 0.2) is 0 Å². The summed E-state index contributed by atoms with van der Waals surface area (Å²) < 4.78 is 4.87. The number of carbonyl (C=O) groups excluding carboxylic acids is 1. The summed E-state index contributed by atoms with van der Waals surface area (Å²) in [4.78, 5) is 24.8. The first kappa shape index (κ1) is 10.5. The highest BCUT2D eigenvalue weighted by molar-refractivity contribution is 5.93. The molecule has 0 unspecified atom stereocenters. The number of nitrogens with one attached hydrogen (secondary N) is 1. The Labute approximate surface area is 80.9 Å². The topological polar surface area (TPSA) is 85.2 Å². The van der Waals surface area contributed by atoms with Gasteiger partial charge in [0.25, 0.3) is 11.5 Å². The van der Waals surface area contributed by atoms with E-state index in [4.69, 9.17) is 10.5 Å². The van der Waals surface area contributed by atoms with E-state index >= 15 is 0 Å². The fourth-order valence-electron chi connectivity index (χ4n) is 1.30. The highest BCUT2D eigenvalue weighted by Crippen LogP contribution is 2.05. The Morgan fingerprint density at radius 1 is 1.64 bits per heavy atom. The molecule has 1 aromatic heterocycles. The van der Waals surface area contributed by atoms with Crippen molar-refractivity contribution in [2.75, 3.05) is 7.11 Å². The molecule has 0 spiro atoms. The fourth-order valence-corrected chi connectivity index (χ4v) is 1.30. The second kappa shape index (κ2) is 4.06. The Bertz CT molecular complexity index is 409. The molecule has 14 heavy (non-hydrogen) atoms. The zero-order valence-corrected chi connectivity index (χ0v) is 8.09. The number of hydrogen-bond acceptors (Lipinski definition) is 3. The van der Waals surface area contributed by atoms with Crippen LogP contribution >= 0.6 is 0 Å². The van der Waals surface area contributed by atoms with Crippen LogP contribution in [0.25, 0.3) is 0 Å². The van der Waals surface area contributed by atoms with Gasteiger partial charge in [-0.1, -0.05) is 0 Å². The van der Waals surface area contributed by atoms with Crippen molar-refractivity contribution in [2.45, 2.75) is 13.5 Å². The van der Waals surface area contributed by atoms with E-state index in [9.17, 15) is 9.59 Å². The summed E-state index contributed by atoms with van der Waals surface area (Å²) in [6.07, 6.45) is 0. The lowest BCUT2D eigenvalue weighted by Crippen LogP contribution is -2.26. The molecule has 3 N–H and O–H groups in total. The van der Waals surface area contributed by atoms with Crippen molar-refractivity contribution in [3.8, 4) is 0 Å². The van der Waals surface area contributed by atoms with Crippen molar-refractivity contribution >= 4 is 5.91 Å². The summed E-state index contributed by atoms with van der Waals surface area (Å²) in [6, 6.07) is 1.67. The molecule has 0 saturated heterocycles. The molecule has 0 fully saturated rings. The van der Waals surface area contributed by atoms with Crippen LogP contribution in [0.5, 0.6) is 0 Å². The van der Waals surface area contributed by atoms with Crippen LogP contribution < -0.4 is 11.3 Å². The predicted octanol–water partition coefficient (Wildman–Crippen LogP) is -0.0714. The van der Waals surface area contributed by atoms with Crippen molar-refractivity contribution in [3.05, 3.63) is 33.2 Å². The molecule has 0 aliphatic heterocycles. The molecule has 76 valence electrons. The molecule has 0 radical (unpaired) electrons. The molecule has 5 nitrogen and oxygen atoms in total. The number of rotatable bonds is 3. The van der Waals surface area contributed by atoms with E-state index in [1.165, 1.54) is 7.11 Å². The number of aromatic amines is 1. The number of methoxy groups -OCH3 is 1. The SMILES string of the molecule is COCc1cc(C)[nH]c(=O)c1C(N)=O. The average Bonchev–Trinajstić information content (AvgIpc) is 2.01. The minimum atomic E-state index is -0.738. The lowest BCUT2D eigenvalue weighted by Gasteiger charge is -2.05. The quantitative estimate of drug-likeness (QED) is 0.709. The van der Waals surface area contributed by atoms with E-state index in [1.54, 1.807) is 13.0 Å². The highest BCUT2D eigenvalue weighted by Gasteiger charge is 2.13. The molecule has 0 aromatic carbocycles. The van der Waals surface area contributed by atoms with E-state index < -0.39 is 11.5 Å². The molecule has 1 rings (SSSR count). The van der Waals surface area contributed by atoms with Crippen LogP contribution in [0.3, 0.4) is 0 Å². The number of aryl methyl sites for hydroxylation is 1. The zero-order chi connectivity index (χ0) is 10.7. The van der Waals surface area contributed by atoms with Gasteiger partial charge in [-0.05, 0) is 18.6 Å². The van der Waals surface area contributed by atoms with Gasteiger partial charge in [0, 0.05) is 12.8 Å². The number of primary amides is 1. The number of nitrogens with two attached hydrogens (primary N) is 1. The van der Waals surface area contributed by atoms with Gasteiger partial charge in [0.2, 0.25) is 0 Å². The lowest BCUT2D eigenvalue weighted by molar-refractivity contribution is 0.0993. The Balaban J connectivity index is 3.36. The van der Waals surface area contributed by atoms with Crippen LogP contribution in [-0.2, 0) is 11.3 Å². The molecule has 0 atom stereocenters. The van der Waals surface area contributed by atoms with E-state index in [0.29, 0.717) is 11.3 Å². The third kappa shape index (κ3) is 2.00. The first-order valence-corrected chi connectivity index (χ1v) is 4.07. The monoisotopic (exact) mass is 196 g/mol. The van der Waals surface area contributed by atoms with E-state index in [1.807, 2.05) is 0 Å². The maximum atomic E-state index is 11.4. The fraction of sp³-hybridized carbons (Fsp3) is 0.333. The molecule has 0 aliphatic carbocycles. The predicted molar refractivity (Wildman–Crippen MR) is 51.0 cm³/mol. The number of H-pyrrole nitrogens is 1. The van der Waals surface area contributed by atoms with Crippen molar-refractivity contribution < 1.29 is 9.53 Å². The number of carbonyl (C=O) groups is 1. The second-order valence-electron chi connectivity index (χ2n) is 2.98. The first-order chi connectivity index (χ1) is 6.56. The Morgan fingerprint density at radius 3 is 2.79 bits per heavy atom. The molecule has 0 aliphatic rings. The molecule has 5 heteroatoms. The summed E-state index contributed by atoms with van der Waals surface area (Å²) in [5.74, 6) is -0.738. The molecule has 1 amide bonds. The molecule has 0 saturated carbocycles. The van der Waals surface area contributed by atoms with Crippen molar-refractivity contribution in [1.29, 1.82) is 0 Å². The Morgan fingerprint density at radius 2 is 2.29 bits per heavy atom. The summed E-state index contributed by atoms with van der Waals surface area (Å²) in [5, 5.41) is 0. The highest BCUT2D eigenvalue weighted by atomic mass is 16.5. The van der Waals surface area contributed by atoms with Gasteiger partial charge in [-0.15, -0.1) is 0 Å². The Kier molecular flexibility index (Phi) is 3.03. The van der Waals surface area contributed by atoms with Gasteiger partial charge in [-0.2, -0.15) is 0 Å². The molecule has 1 heterocycles. The molecule has 1 aromatic rings. The maximum absolute atomic E-state index is 11.4. The summed E-state index contributed by atoms with van der Waals surface area (Å²) in [6.45, 7) is 1.92. The van der Waals surface area contributed by atoms with Gasteiger partial charge in [0.1, 0.15) is 5.56 Å². The standard InChI is InChI=1S/C9H12N2O3/c1-5-3-6(4-14-2)7(8(10)12)9(13)11-5/h3H,4H2,1-2H3,(H2,10,12)(H,11,13). The molecule has 0 bridgehead atoms. The smallest absolute Gasteiger partial charge is 0.261 e. The number of aromatic nitrogens is 1. The third-order valence-corrected chi connectivity index (χ3v) is 1.80. The van der Waals surface area contributed by atoms with E-state index in [0.717, 1.165) is 0 Å². The van der Waals surface area contributed by atoms with Crippen LogP contribution in [-0.4, -0.2) is 18.0 Å². The largest absolute Gasteiger partial charge is 0.380 e. The number of ether oxygens (including phenoxy) is 1. The third-order valence-electron chi connectivity index (χ3n) is 1.80. The average molecular weight is 196 g/mol. The second-order valence-corrected chi connectivity index (χ2v) is 2.98. The lowest BCUT2D eigenvalue weighted by atomic mass is 10.1. The number of hydrogen-bond donors (Lipinski definition) is 2. The minimum Gasteiger partial charge on any atom is -0.380 e. The van der Waals surface area contributed by atoms with Crippen LogP contribution in [0.4, 0.5) is 0 Å². The van der Waals surface area contributed by atoms with Gasteiger partial charge in [0.05, 0.1) is 6.61 Å². The summed E-state index contributed by atoms with van der Waals surface area (Å²) in [5.41, 5.74) is 5.77. The number of pyridine rings is 1. The van der Waals surface area contributed by atoms with Gasteiger partial charge in [-0.3, -0.25) is 9.59 Å². The molecular formula is C9H12N2O3. The van der Waals surface area contributed by atoms with E-state index in [2.05, 4.69) is 4.98 Å². The Hall–Kier alpha value is -1.62. The normalized spacial score (nSPS) is 10.1. The zero-order valence-electron chi connectivity index (χ0n) is 8.09. The van der Waals surface area contributed by atoms with Crippen LogP contribution in [0.15, 0.2) is 10.9 Å².